The first-order valence-corrected chi connectivity index (χ1v) is 10.4. The number of nitrogens with zero attached hydrogens (tertiary/aromatic N) is 4. The highest BCUT2D eigenvalue weighted by molar-refractivity contribution is 9.10. The van der Waals surface area contributed by atoms with Gasteiger partial charge in [0, 0.05) is 28.2 Å². The highest BCUT2D eigenvalue weighted by Gasteiger charge is 2.15. The van der Waals surface area contributed by atoms with E-state index in [0.717, 1.165) is 26.6 Å². The number of hydrogen-bond donors (Lipinski definition) is 0. The molecule has 28 heavy (non-hydrogen) atoms. The Balaban J connectivity index is 1.65. The minimum absolute atomic E-state index is 0.231. The van der Waals surface area contributed by atoms with Crippen LogP contribution in [0.15, 0.2) is 82.7 Å². The lowest BCUT2D eigenvalue weighted by atomic mass is 10.2. The molecule has 0 N–H and O–H groups in total. The topological polar surface area (TPSA) is 43.6 Å². The lowest BCUT2D eigenvalue weighted by molar-refractivity contribution is 0.616. The maximum Gasteiger partial charge on any atom is 0.192 e. The Bertz CT molecular complexity index is 1070. The Labute approximate surface area is 175 Å². The molecule has 0 fully saturated rings. The van der Waals surface area contributed by atoms with E-state index in [2.05, 4.69) is 47.8 Å². The van der Waals surface area contributed by atoms with Gasteiger partial charge in [-0.05, 0) is 35.4 Å². The molecule has 0 aliphatic carbocycles. The predicted molar refractivity (Wildman–Crippen MR) is 112 cm³/mol. The Morgan fingerprint density at radius 3 is 2.50 bits per heavy atom. The van der Waals surface area contributed by atoms with Crippen molar-refractivity contribution in [1.82, 2.24) is 19.7 Å². The second-order valence-corrected chi connectivity index (χ2v) is 8.00. The highest BCUT2D eigenvalue weighted by Crippen LogP contribution is 2.28. The van der Waals surface area contributed by atoms with Crippen molar-refractivity contribution >= 4 is 27.7 Å². The summed E-state index contributed by atoms with van der Waals surface area (Å²) in [5.41, 5.74) is 2.72. The second kappa shape index (κ2) is 8.67. The summed E-state index contributed by atoms with van der Waals surface area (Å²) < 4.78 is 17.0. The lowest BCUT2D eigenvalue weighted by Gasteiger charge is -2.11. The summed E-state index contributed by atoms with van der Waals surface area (Å²) in [5, 5.41) is 9.52. The molecule has 0 saturated heterocycles. The molecule has 0 spiro atoms. The van der Waals surface area contributed by atoms with Gasteiger partial charge in [-0.15, -0.1) is 10.2 Å². The first-order valence-electron chi connectivity index (χ1n) is 8.65. The van der Waals surface area contributed by atoms with Gasteiger partial charge < -0.3 is 0 Å². The van der Waals surface area contributed by atoms with Crippen LogP contribution in [0, 0.1) is 5.82 Å². The fourth-order valence-corrected chi connectivity index (χ4v) is 4.06. The zero-order valence-corrected chi connectivity index (χ0v) is 17.2. The number of thioether (sulfide) groups is 1. The molecule has 4 nitrogen and oxygen atoms in total. The Morgan fingerprint density at radius 2 is 1.75 bits per heavy atom. The molecule has 7 heteroatoms. The van der Waals surface area contributed by atoms with Crippen molar-refractivity contribution in [1.29, 1.82) is 0 Å². The van der Waals surface area contributed by atoms with Gasteiger partial charge in [-0.2, -0.15) is 0 Å². The normalized spacial score (nSPS) is 10.9. The van der Waals surface area contributed by atoms with Crippen molar-refractivity contribution in [2.24, 2.45) is 0 Å². The van der Waals surface area contributed by atoms with Crippen LogP contribution in [0.1, 0.15) is 11.1 Å². The Morgan fingerprint density at radius 1 is 0.964 bits per heavy atom. The highest BCUT2D eigenvalue weighted by atomic mass is 79.9. The molecule has 0 atom stereocenters. The molecule has 0 aliphatic rings. The lowest BCUT2D eigenvalue weighted by Crippen LogP contribution is -2.04. The molecule has 0 unspecified atom stereocenters. The summed E-state index contributed by atoms with van der Waals surface area (Å²) in [6, 6.07) is 19.1. The smallest absolute Gasteiger partial charge is 0.192 e. The molecule has 4 rings (SSSR count). The minimum Gasteiger partial charge on any atom is -0.298 e. The molecule has 0 saturated carbocycles. The zero-order valence-electron chi connectivity index (χ0n) is 14.8. The third kappa shape index (κ3) is 4.31. The van der Waals surface area contributed by atoms with Crippen LogP contribution in [0.3, 0.4) is 0 Å². The summed E-state index contributed by atoms with van der Waals surface area (Å²) in [7, 11) is 0. The first-order chi connectivity index (χ1) is 13.7. The summed E-state index contributed by atoms with van der Waals surface area (Å²) in [4.78, 5) is 4.08. The van der Waals surface area contributed by atoms with E-state index < -0.39 is 0 Å². The fraction of sp³-hybridized carbons (Fsp3) is 0.0952. The van der Waals surface area contributed by atoms with Crippen LogP contribution in [0.5, 0.6) is 0 Å². The van der Waals surface area contributed by atoms with Crippen molar-refractivity contribution in [3.63, 3.8) is 0 Å². The molecule has 2 aromatic carbocycles. The molecule has 0 amide bonds. The molecule has 0 bridgehead atoms. The minimum atomic E-state index is -0.231. The molecule has 2 heterocycles. The Kier molecular flexibility index (Phi) is 5.83. The van der Waals surface area contributed by atoms with E-state index in [4.69, 9.17) is 0 Å². The van der Waals surface area contributed by atoms with E-state index in [1.807, 2.05) is 36.4 Å². The van der Waals surface area contributed by atoms with E-state index in [1.54, 1.807) is 18.5 Å². The third-order valence-electron chi connectivity index (χ3n) is 4.21. The van der Waals surface area contributed by atoms with Gasteiger partial charge >= 0.3 is 0 Å². The average Bonchev–Trinajstić information content (AvgIpc) is 3.11. The maximum atomic E-state index is 14.2. The predicted octanol–water partition coefficient (Wildman–Crippen LogP) is 5.58. The van der Waals surface area contributed by atoms with Crippen LogP contribution < -0.4 is 0 Å². The van der Waals surface area contributed by atoms with E-state index in [-0.39, 0.29) is 5.82 Å². The van der Waals surface area contributed by atoms with Crippen LogP contribution >= 0.6 is 27.7 Å². The molecular weight excluding hydrogens is 439 g/mol. The van der Waals surface area contributed by atoms with Gasteiger partial charge in [0.1, 0.15) is 5.82 Å². The summed E-state index contributed by atoms with van der Waals surface area (Å²) in [5.74, 6) is 1.01. The monoisotopic (exact) mass is 454 g/mol. The number of benzene rings is 2. The van der Waals surface area contributed by atoms with Crippen molar-refractivity contribution < 1.29 is 4.39 Å². The maximum absolute atomic E-state index is 14.2. The standard InChI is InChI=1S/C21H16BrFN4S/c22-18-7-6-17(19(23)12-18)14-28-21-26-25-20(16-8-10-24-11-9-16)27(21)13-15-4-2-1-3-5-15/h1-12H,13-14H2. The largest absolute Gasteiger partial charge is 0.298 e. The van der Waals surface area contributed by atoms with Gasteiger partial charge in [0.25, 0.3) is 0 Å². The first kappa shape index (κ1) is 18.8. The number of halogens is 2. The van der Waals surface area contributed by atoms with Gasteiger partial charge in [-0.1, -0.05) is 64.1 Å². The fourth-order valence-electron chi connectivity index (χ4n) is 2.80. The average molecular weight is 455 g/mol. The van der Waals surface area contributed by atoms with Gasteiger partial charge in [-0.25, -0.2) is 4.39 Å². The molecule has 0 aliphatic heterocycles. The zero-order chi connectivity index (χ0) is 19.3. The number of hydrogen-bond acceptors (Lipinski definition) is 4. The van der Waals surface area contributed by atoms with Crippen molar-refractivity contribution in [2.45, 2.75) is 17.5 Å². The van der Waals surface area contributed by atoms with Gasteiger partial charge in [-0.3, -0.25) is 9.55 Å². The number of rotatable bonds is 6. The number of aromatic nitrogens is 4. The Hall–Kier alpha value is -2.51. The quantitative estimate of drug-likeness (QED) is 0.356. The van der Waals surface area contributed by atoms with Crippen molar-refractivity contribution in [2.75, 3.05) is 0 Å². The molecule has 2 aromatic heterocycles. The van der Waals surface area contributed by atoms with E-state index in [0.29, 0.717) is 17.9 Å². The van der Waals surface area contributed by atoms with Crippen molar-refractivity contribution in [3.8, 4) is 11.4 Å². The SMILES string of the molecule is Fc1cc(Br)ccc1CSc1nnc(-c2ccncc2)n1Cc1ccccc1. The summed E-state index contributed by atoms with van der Waals surface area (Å²) in [6.45, 7) is 0.636. The molecular formula is C21H16BrFN4S. The van der Waals surface area contributed by atoms with E-state index in [1.165, 1.54) is 17.8 Å². The van der Waals surface area contributed by atoms with Crippen LogP contribution in [0.4, 0.5) is 4.39 Å². The van der Waals surface area contributed by atoms with E-state index >= 15 is 0 Å². The number of pyridine rings is 1. The van der Waals surface area contributed by atoms with Gasteiger partial charge in [0.2, 0.25) is 0 Å². The van der Waals surface area contributed by atoms with Crippen LogP contribution in [-0.2, 0) is 12.3 Å². The summed E-state index contributed by atoms with van der Waals surface area (Å²) >= 11 is 4.77. The van der Waals surface area contributed by atoms with Crippen LogP contribution in [0.25, 0.3) is 11.4 Å². The molecule has 0 radical (unpaired) electrons. The second-order valence-electron chi connectivity index (χ2n) is 6.14. The summed E-state index contributed by atoms with van der Waals surface area (Å²) in [6.07, 6.45) is 3.47. The van der Waals surface area contributed by atoms with Gasteiger partial charge in [0.15, 0.2) is 11.0 Å². The van der Waals surface area contributed by atoms with Gasteiger partial charge in [0.05, 0.1) is 6.54 Å². The molecule has 4 aromatic rings. The third-order valence-corrected chi connectivity index (χ3v) is 5.72. The van der Waals surface area contributed by atoms with E-state index in [9.17, 15) is 4.39 Å². The van der Waals surface area contributed by atoms with Crippen LogP contribution in [-0.4, -0.2) is 19.7 Å². The van der Waals surface area contributed by atoms with Crippen LogP contribution in [0.2, 0.25) is 0 Å². The molecule has 140 valence electrons. The van der Waals surface area contributed by atoms with Crippen molar-refractivity contribution in [3.05, 3.63) is 94.5 Å².